The first-order valence-corrected chi connectivity index (χ1v) is 4.92. The minimum absolute atomic E-state index is 0.0296. The van der Waals surface area contributed by atoms with E-state index in [1.807, 2.05) is 0 Å². The van der Waals surface area contributed by atoms with Gasteiger partial charge in [0.15, 0.2) is 0 Å². The standard InChI is InChI=1S/C10H10N6O2/c11-8-14-9(12)16-10(15-8)13-7(18)5-1-3-6(17)4-2-5/h1-4,17H,(H5,11,12,13,14,15,16,18). The van der Waals surface area contributed by atoms with Crippen molar-refractivity contribution in [2.75, 3.05) is 16.8 Å². The quantitative estimate of drug-likeness (QED) is 0.584. The highest BCUT2D eigenvalue weighted by Gasteiger charge is 2.09. The molecule has 0 saturated heterocycles. The van der Waals surface area contributed by atoms with E-state index in [1.54, 1.807) is 0 Å². The lowest BCUT2D eigenvalue weighted by Crippen LogP contribution is -2.16. The molecule has 0 aliphatic rings. The monoisotopic (exact) mass is 246 g/mol. The van der Waals surface area contributed by atoms with Crippen molar-refractivity contribution in [1.29, 1.82) is 0 Å². The lowest BCUT2D eigenvalue weighted by molar-refractivity contribution is 0.102. The summed E-state index contributed by atoms with van der Waals surface area (Å²) in [4.78, 5) is 22.8. The molecule has 0 unspecified atom stereocenters. The van der Waals surface area contributed by atoms with Crippen LogP contribution in [0.4, 0.5) is 17.8 Å². The Morgan fingerprint density at radius 1 is 1.06 bits per heavy atom. The fourth-order valence-electron chi connectivity index (χ4n) is 1.25. The number of aromatic nitrogens is 3. The van der Waals surface area contributed by atoms with Gasteiger partial charge in [0.05, 0.1) is 0 Å². The molecule has 92 valence electrons. The van der Waals surface area contributed by atoms with Gasteiger partial charge < -0.3 is 16.6 Å². The van der Waals surface area contributed by atoms with E-state index in [0.29, 0.717) is 5.56 Å². The van der Waals surface area contributed by atoms with Gasteiger partial charge in [0.25, 0.3) is 5.91 Å². The number of nitrogens with two attached hydrogens (primary N) is 2. The molecule has 8 heteroatoms. The average Bonchev–Trinajstić information content (AvgIpc) is 2.28. The predicted octanol–water partition coefficient (Wildman–Crippen LogP) is -0.00610. The number of hydrogen-bond acceptors (Lipinski definition) is 7. The van der Waals surface area contributed by atoms with Gasteiger partial charge in [0.2, 0.25) is 17.8 Å². The molecule has 8 nitrogen and oxygen atoms in total. The predicted molar refractivity (Wildman–Crippen MR) is 64.7 cm³/mol. The van der Waals surface area contributed by atoms with E-state index in [0.717, 1.165) is 0 Å². The van der Waals surface area contributed by atoms with Gasteiger partial charge in [-0.2, -0.15) is 15.0 Å². The first-order valence-electron chi connectivity index (χ1n) is 4.92. The van der Waals surface area contributed by atoms with Crippen molar-refractivity contribution in [3.63, 3.8) is 0 Å². The Balaban J connectivity index is 2.18. The van der Waals surface area contributed by atoms with Crippen molar-refractivity contribution >= 4 is 23.8 Å². The Morgan fingerprint density at radius 3 is 2.17 bits per heavy atom. The van der Waals surface area contributed by atoms with E-state index >= 15 is 0 Å². The number of amides is 1. The molecular weight excluding hydrogens is 236 g/mol. The maximum Gasteiger partial charge on any atom is 0.258 e. The first kappa shape index (κ1) is 11.6. The number of anilines is 3. The zero-order chi connectivity index (χ0) is 13.1. The maximum atomic E-state index is 11.8. The summed E-state index contributed by atoms with van der Waals surface area (Å²) < 4.78 is 0. The van der Waals surface area contributed by atoms with Gasteiger partial charge in [-0.15, -0.1) is 0 Å². The van der Waals surface area contributed by atoms with E-state index in [1.165, 1.54) is 24.3 Å². The minimum atomic E-state index is -0.444. The summed E-state index contributed by atoms with van der Waals surface area (Å²) in [5.41, 5.74) is 11.1. The molecule has 1 heterocycles. The lowest BCUT2D eigenvalue weighted by atomic mass is 10.2. The highest BCUT2D eigenvalue weighted by molar-refractivity contribution is 6.03. The Bertz CT molecular complexity index is 563. The van der Waals surface area contributed by atoms with Crippen LogP contribution in [0, 0.1) is 0 Å². The lowest BCUT2D eigenvalue weighted by Gasteiger charge is -2.04. The number of nitrogen functional groups attached to an aromatic ring is 2. The van der Waals surface area contributed by atoms with Crippen LogP contribution in [0.1, 0.15) is 10.4 Å². The number of nitrogens with one attached hydrogen (secondary N) is 1. The molecule has 0 aliphatic carbocycles. The number of aromatic hydroxyl groups is 1. The molecule has 0 saturated carbocycles. The molecule has 0 fully saturated rings. The largest absolute Gasteiger partial charge is 0.508 e. The van der Waals surface area contributed by atoms with E-state index in [9.17, 15) is 4.79 Å². The Labute approximate surface area is 102 Å². The van der Waals surface area contributed by atoms with E-state index in [4.69, 9.17) is 16.6 Å². The van der Waals surface area contributed by atoms with Crippen LogP contribution < -0.4 is 16.8 Å². The van der Waals surface area contributed by atoms with Crippen molar-refractivity contribution in [3.05, 3.63) is 29.8 Å². The fourth-order valence-corrected chi connectivity index (χ4v) is 1.25. The number of carbonyl (C=O) groups is 1. The Hall–Kier alpha value is -2.90. The van der Waals surface area contributed by atoms with Crippen LogP contribution in [0.3, 0.4) is 0 Å². The van der Waals surface area contributed by atoms with Crippen molar-refractivity contribution in [3.8, 4) is 5.75 Å². The smallest absolute Gasteiger partial charge is 0.258 e. The second kappa shape index (κ2) is 4.53. The number of rotatable bonds is 2. The van der Waals surface area contributed by atoms with Crippen LogP contribution >= 0.6 is 0 Å². The molecule has 0 radical (unpaired) electrons. The summed E-state index contributed by atoms with van der Waals surface area (Å²) in [6, 6.07) is 5.70. The van der Waals surface area contributed by atoms with E-state index in [2.05, 4.69) is 20.3 Å². The highest BCUT2D eigenvalue weighted by atomic mass is 16.3. The molecule has 1 aromatic heterocycles. The SMILES string of the molecule is Nc1nc(N)nc(NC(=O)c2ccc(O)cc2)n1. The van der Waals surface area contributed by atoms with Gasteiger partial charge in [-0.1, -0.05) is 0 Å². The molecule has 2 aromatic rings. The molecule has 0 bridgehead atoms. The molecule has 0 aliphatic heterocycles. The molecule has 18 heavy (non-hydrogen) atoms. The second-order valence-corrected chi connectivity index (χ2v) is 3.38. The van der Waals surface area contributed by atoms with Gasteiger partial charge in [0, 0.05) is 5.56 Å². The van der Waals surface area contributed by atoms with Crippen molar-refractivity contribution < 1.29 is 9.90 Å². The van der Waals surface area contributed by atoms with Crippen molar-refractivity contribution in [2.24, 2.45) is 0 Å². The zero-order valence-corrected chi connectivity index (χ0v) is 9.16. The summed E-state index contributed by atoms with van der Waals surface area (Å²) >= 11 is 0. The third kappa shape index (κ3) is 2.61. The van der Waals surface area contributed by atoms with Gasteiger partial charge in [-0.3, -0.25) is 10.1 Å². The molecular formula is C10H10N6O2. The van der Waals surface area contributed by atoms with Gasteiger partial charge in [-0.25, -0.2) is 0 Å². The Morgan fingerprint density at radius 2 is 1.61 bits per heavy atom. The van der Waals surface area contributed by atoms with Crippen LogP contribution in [0.2, 0.25) is 0 Å². The van der Waals surface area contributed by atoms with Crippen LogP contribution in [0.5, 0.6) is 5.75 Å². The topological polar surface area (TPSA) is 140 Å². The number of phenols is 1. The van der Waals surface area contributed by atoms with E-state index < -0.39 is 5.91 Å². The molecule has 0 atom stereocenters. The number of hydrogen-bond donors (Lipinski definition) is 4. The van der Waals surface area contributed by atoms with Gasteiger partial charge >= 0.3 is 0 Å². The molecule has 0 spiro atoms. The third-order valence-electron chi connectivity index (χ3n) is 2.02. The zero-order valence-electron chi connectivity index (χ0n) is 9.16. The third-order valence-corrected chi connectivity index (χ3v) is 2.02. The van der Waals surface area contributed by atoms with Crippen molar-refractivity contribution in [2.45, 2.75) is 0 Å². The summed E-state index contributed by atoms with van der Waals surface area (Å²) in [6.45, 7) is 0. The number of nitrogens with zero attached hydrogens (tertiary/aromatic N) is 3. The second-order valence-electron chi connectivity index (χ2n) is 3.38. The maximum absolute atomic E-state index is 11.8. The van der Waals surface area contributed by atoms with Crippen LogP contribution in [-0.2, 0) is 0 Å². The molecule has 1 amide bonds. The summed E-state index contributed by atoms with van der Waals surface area (Å²) in [5.74, 6) is -0.565. The normalized spacial score (nSPS) is 10.0. The van der Waals surface area contributed by atoms with Gasteiger partial charge in [-0.05, 0) is 24.3 Å². The summed E-state index contributed by atoms with van der Waals surface area (Å²) in [5, 5.41) is 11.5. The summed E-state index contributed by atoms with van der Waals surface area (Å²) in [7, 11) is 0. The van der Waals surface area contributed by atoms with Gasteiger partial charge in [0.1, 0.15) is 5.75 Å². The summed E-state index contributed by atoms with van der Waals surface area (Å²) in [6.07, 6.45) is 0. The highest BCUT2D eigenvalue weighted by Crippen LogP contribution is 2.11. The van der Waals surface area contributed by atoms with Crippen LogP contribution in [0.25, 0.3) is 0 Å². The van der Waals surface area contributed by atoms with Crippen molar-refractivity contribution in [1.82, 2.24) is 15.0 Å². The average molecular weight is 246 g/mol. The fraction of sp³-hybridized carbons (Fsp3) is 0. The van der Waals surface area contributed by atoms with Crippen LogP contribution in [0.15, 0.2) is 24.3 Å². The molecule has 1 aromatic carbocycles. The van der Waals surface area contributed by atoms with E-state index in [-0.39, 0.29) is 23.6 Å². The molecule has 6 N–H and O–H groups in total. The number of benzene rings is 1. The number of carbonyl (C=O) groups excluding carboxylic acids is 1. The minimum Gasteiger partial charge on any atom is -0.508 e. The molecule has 2 rings (SSSR count). The first-order chi connectivity index (χ1) is 8.54. The number of phenolic OH excluding ortho intramolecular Hbond substituents is 1. The van der Waals surface area contributed by atoms with Crippen LogP contribution in [-0.4, -0.2) is 26.0 Å². The Kier molecular flexibility index (Phi) is 2.92.